The predicted molar refractivity (Wildman–Crippen MR) is 99.8 cm³/mol. The molecule has 0 unspecified atom stereocenters. The van der Waals surface area contributed by atoms with E-state index in [4.69, 9.17) is 0 Å². The van der Waals surface area contributed by atoms with E-state index in [0.717, 1.165) is 24.3 Å². The minimum atomic E-state index is 0.00427. The average molecular weight is 340 g/mol. The van der Waals surface area contributed by atoms with Crippen LogP contribution in [0.3, 0.4) is 0 Å². The van der Waals surface area contributed by atoms with Gasteiger partial charge in [0.15, 0.2) is 0 Å². The number of likely N-dealkylation sites (tertiary alicyclic amines) is 1. The fourth-order valence-corrected chi connectivity index (χ4v) is 3.35. The van der Waals surface area contributed by atoms with Gasteiger partial charge in [0.05, 0.1) is 18.3 Å². The molecule has 0 aliphatic carbocycles. The van der Waals surface area contributed by atoms with Crippen molar-refractivity contribution in [2.45, 2.75) is 45.1 Å². The molecule has 25 heavy (non-hydrogen) atoms. The van der Waals surface area contributed by atoms with Crippen molar-refractivity contribution in [3.05, 3.63) is 48.3 Å². The maximum absolute atomic E-state index is 12.3. The molecule has 1 saturated heterocycles. The Kier molecular flexibility index (Phi) is 5.53. The maximum atomic E-state index is 12.3. The SMILES string of the molecule is CC(C)(CNC(=O)Cc1cnn(-c2ccccc2)c1)N1CCCCC1. The number of para-hydroxylation sites is 1. The van der Waals surface area contributed by atoms with Gasteiger partial charge in [-0.2, -0.15) is 5.10 Å². The summed E-state index contributed by atoms with van der Waals surface area (Å²) in [7, 11) is 0. The number of rotatable bonds is 6. The molecule has 1 aliphatic heterocycles. The standard InChI is InChI=1S/C20H28N4O/c1-20(2,23-11-7-4-8-12-23)16-21-19(25)13-17-14-22-24(15-17)18-9-5-3-6-10-18/h3,5-6,9-10,14-15H,4,7-8,11-13,16H2,1-2H3,(H,21,25). The zero-order chi connectivity index (χ0) is 17.7. The Morgan fingerprint density at radius 3 is 2.60 bits per heavy atom. The van der Waals surface area contributed by atoms with Crippen molar-refractivity contribution in [2.75, 3.05) is 19.6 Å². The molecule has 0 atom stereocenters. The van der Waals surface area contributed by atoms with Gasteiger partial charge in [0.25, 0.3) is 0 Å². The van der Waals surface area contributed by atoms with Crippen LogP contribution in [0.1, 0.15) is 38.7 Å². The molecule has 1 fully saturated rings. The van der Waals surface area contributed by atoms with Crippen LogP contribution >= 0.6 is 0 Å². The second-order valence-electron chi connectivity index (χ2n) is 7.44. The van der Waals surface area contributed by atoms with Gasteiger partial charge < -0.3 is 5.32 Å². The average Bonchev–Trinajstić information content (AvgIpc) is 3.10. The van der Waals surface area contributed by atoms with E-state index in [1.165, 1.54) is 19.3 Å². The summed E-state index contributed by atoms with van der Waals surface area (Å²) in [5.41, 5.74) is 1.93. The van der Waals surface area contributed by atoms with Crippen molar-refractivity contribution >= 4 is 5.91 Å². The van der Waals surface area contributed by atoms with Gasteiger partial charge in [-0.05, 0) is 57.5 Å². The molecule has 0 radical (unpaired) electrons. The first kappa shape index (κ1) is 17.7. The molecule has 0 spiro atoms. The van der Waals surface area contributed by atoms with Crippen LogP contribution in [-0.2, 0) is 11.2 Å². The summed E-state index contributed by atoms with van der Waals surface area (Å²) in [5.74, 6) is 0.0534. The van der Waals surface area contributed by atoms with Crippen LogP contribution in [-0.4, -0.2) is 45.8 Å². The van der Waals surface area contributed by atoms with Crippen molar-refractivity contribution in [3.63, 3.8) is 0 Å². The summed E-state index contributed by atoms with van der Waals surface area (Å²) < 4.78 is 1.81. The van der Waals surface area contributed by atoms with Crippen LogP contribution in [0.4, 0.5) is 0 Å². The van der Waals surface area contributed by atoms with Crippen molar-refractivity contribution in [1.82, 2.24) is 20.0 Å². The third-order valence-electron chi connectivity index (χ3n) is 4.95. The molecule has 3 rings (SSSR count). The molecule has 1 N–H and O–H groups in total. The highest BCUT2D eigenvalue weighted by Crippen LogP contribution is 2.19. The third kappa shape index (κ3) is 4.69. The zero-order valence-corrected chi connectivity index (χ0v) is 15.2. The van der Waals surface area contributed by atoms with Crippen molar-refractivity contribution in [3.8, 4) is 5.69 Å². The Bertz CT molecular complexity index is 687. The van der Waals surface area contributed by atoms with E-state index >= 15 is 0 Å². The van der Waals surface area contributed by atoms with Crippen molar-refractivity contribution < 1.29 is 4.79 Å². The maximum Gasteiger partial charge on any atom is 0.224 e. The first-order valence-corrected chi connectivity index (χ1v) is 9.15. The lowest BCUT2D eigenvalue weighted by atomic mass is 9.98. The summed E-state index contributed by atoms with van der Waals surface area (Å²) in [6, 6.07) is 9.93. The van der Waals surface area contributed by atoms with Crippen molar-refractivity contribution in [2.24, 2.45) is 0 Å². The van der Waals surface area contributed by atoms with Crippen molar-refractivity contribution in [1.29, 1.82) is 0 Å². The van der Waals surface area contributed by atoms with Gasteiger partial charge in [-0.3, -0.25) is 9.69 Å². The van der Waals surface area contributed by atoms with Gasteiger partial charge in [-0.25, -0.2) is 4.68 Å². The molecule has 1 amide bonds. The summed E-state index contributed by atoms with van der Waals surface area (Å²) in [6.45, 7) is 7.37. The number of aromatic nitrogens is 2. The molecule has 134 valence electrons. The van der Waals surface area contributed by atoms with Gasteiger partial charge in [0.2, 0.25) is 5.91 Å². The molecule has 2 heterocycles. The van der Waals surface area contributed by atoms with E-state index in [0.29, 0.717) is 13.0 Å². The number of nitrogens with one attached hydrogen (secondary N) is 1. The fraction of sp³-hybridized carbons (Fsp3) is 0.500. The van der Waals surface area contributed by atoms with Gasteiger partial charge in [0.1, 0.15) is 0 Å². The number of carbonyl (C=O) groups excluding carboxylic acids is 1. The highest BCUT2D eigenvalue weighted by Gasteiger charge is 2.28. The lowest BCUT2D eigenvalue weighted by Crippen LogP contribution is -2.53. The Hall–Kier alpha value is -2.14. The Morgan fingerprint density at radius 2 is 1.88 bits per heavy atom. The van der Waals surface area contributed by atoms with Crippen LogP contribution in [0.5, 0.6) is 0 Å². The lowest BCUT2D eigenvalue weighted by molar-refractivity contribution is -0.121. The number of amides is 1. The number of hydrogen-bond acceptors (Lipinski definition) is 3. The Labute approximate surface area is 150 Å². The summed E-state index contributed by atoms with van der Waals surface area (Å²) in [4.78, 5) is 14.8. The van der Waals surface area contributed by atoms with E-state index < -0.39 is 0 Å². The third-order valence-corrected chi connectivity index (χ3v) is 4.95. The molecule has 0 bridgehead atoms. The predicted octanol–water partition coefficient (Wildman–Crippen LogP) is 2.80. The zero-order valence-electron chi connectivity index (χ0n) is 15.2. The first-order valence-electron chi connectivity index (χ1n) is 9.15. The lowest BCUT2D eigenvalue weighted by Gasteiger charge is -2.41. The summed E-state index contributed by atoms with van der Waals surface area (Å²) in [5, 5.41) is 7.45. The van der Waals surface area contributed by atoms with Crippen LogP contribution in [0.15, 0.2) is 42.7 Å². The second kappa shape index (κ2) is 7.83. The van der Waals surface area contributed by atoms with Gasteiger partial charge in [0, 0.05) is 18.3 Å². The van der Waals surface area contributed by atoms with Gasteiger partial charge in [-0.15, -0.1) is 0 Å². The molecule has 5 heteroatoms. The van der Waals surface area contributed by atoms with Gasteiger partial charge >= 0.3 is 0 Å². The quantitative estimate of drug-likeness (QED) is 0.880. The fourth-order valence-electron chi connectivity index (χ4n) is 3.35. The second-order valence-corrected chi connectivity index (χ2v) is 7.44. The summed E-state index contributed by atoms with van der Waals surface area (Å²) in [6.07, 6.45) is 7.90. The van der Waals surface area contributed by atoms with E-state index in [1.807, 2.05) is 36.5 Å². The Morgan fingerprint density at radius 1 is 1.16 bits per heavy atom. The van der Waals surface area contributed by atoms with Gasteiger partial charge in [-0.1, -0.05) is 24.6 Å². The van der Waals surface area contributed by atoms with Crippen LogP contribution < -0.4 is 5.32 Å². The largest absolute Gasteiger partial charge is 0.354 e. The number of carbonyl (C=O) groups is 1. The molecule has 0 saturated carbocycles. The number of nitrogens with zero attached hydrogens (tertiary/aromatic N) is 3. The highest BCUT2D eigenvalue weighted by molar-refractivity contribution is 5.78. The molecular weight excluding hydrogens is 312 g/mol. The highest BCUT2D eigenvalue weighted by atomic mass is 16.1. The molecule has 1 aromatic heterocycles. The van der Waals surface area contributed by atoms with Crippen LogP contribution in [0.25, 0.3) is 5.69 Å². The minimum Gasteiger partial charge on any atom is -0.354 e. The Balaban J connectivity index is 1.52. The number of hydrogen-bond donors (Lipinski definition) is 1. The molecular formula is C20H28N4O. The number of benzene rings is 1. The molecule has 5 nitrogen and oxygen atoms in total. The van der Waals surface area contributed by atoms with E-state index in [2.05, 4.69) is 29.2 Å². The topological polar surface area (TPSA) is 50.2 Å². The number of piperidine rings is 1. The van der Waals surface area contributed by atoms with Crippen LogP contribution in [0, 0.1) is 0 Å². The smallest absolute Gasteiger partial charge is 0.224 e. The molecule has 1 aromatic carbocycles. The molecule has 1 aliphatic rings. The monoisotopic (exact) mass is 340 g/mol. The normalized spacial score (nSPS) is 15.9. The minimum absolute atomic E-state index is 0.00427. The van der Waals surface area contributed by atoms with E-state index in [9.17, 15) is 4.79 Å². The first-order chi connectivity index (χ1) is 12.0. The summed E-state index contributed by atoms with van der Waals surface area (Å²) >= 11 is 0. The molecule has 2 aromatic rings. The van der Waals surface area contributed by atoms with E-state index in [1.54, 1.807) is 10.9 Å². The van der Waals surface area contributed by atoms with E-state index in [-0.39, 0.29) is 11.4 Å². The van der Waals surface area contributed by atoms with Crippen LogP contribution in [0.2, 0.25) is 0 Å².